The molecule has 86 valence electrons. The van der Waals surface area contributed by atoms with Gasteiger partial charge in [0.2, 0.25) is 0 Å². The van der Waals surface area contributed by atoms with Crippen molar-refractivity contribution in [3.05, 3.63) is 28.8 Å². The SMILES string of the molecule is COC(=O)c1cc(Cl)ccc1NC1CCC1. The number of esters is 1. The predicted molar refractivity (Wildman–Crippen MR) is 64.1 cm³/mol. The zero-order valence-electron chi connectivity index (χ0n) is 9.13. The van der Waals surface area contributed by atoms with E-state index in [1.807, 2.05) is 6.07 Å². The van der Waals surface area contributed by atoms with Crippen molar-refractivity contribution in [3.8, 4) is 0 Å². The van der Waals surface area contributed by atoms with Crippen LogP contribution in [0.25, 0.3) is 0 Å². The van der Waals surface area contributed by atoms with Crippen molar-refractivity contribution in [2.75, 3.05) is 12.4 Å². The maximum Gasteiger partial charge on any atom is 0.340 e. The second-order valence-corrected chi connectivity index (χ2v) is 4.39. The number of hydrogen-bond donors (Lipinski definition) is 1. The second-order valence-electron chi connectivity index (χ2n) is 3.95. The molecule has 0 aliphatic heterocycles. The summed E-state index contributed by atoms with van der Waals surface area (Å²) in [4.78, 5) is 11.6. The number of methoxy groups -OCH3 is 1. The number of rotatable bonds is 3. The van der Waals surface area contributed by atoms with Crippen LogP contribution in [0.2, 0.25) is 5.02 Å². The summed E-state index contributed by atoms with van der Waals surface area (Å²) in [6.45, 7) is 0. The van der Waals surface area contributed by atoms with Crippen molar-refractivity contribution in [1.29, 1.82) is 0 Å². The maximum atomic E-state index is 11.6. The second kappa shape index (κ2) is 4.74. The van der Waals surface area contributed by atoms with Crippen LogP contribution in [0.5, 0.6) is 0 Å². The summed E-state index contributed by atoms with van der Waals surface area (Å²) in [5, 5.41) is 3.87. The molecule has 1 aliphatic carbocycles. The van der Waals surface area contributed by atoms with E-state index in [4.69, 9.17) is 16.3 Å². The monoisotopic (exact) mass is 239 g/mol. The van der Waals surface area contributed by atoms with Crippen LogP contribution >= 0.6 is 11.6 Å². The Morgan fingerprint density at radius 1 is 1.50 bits per heavy atom. The van der Waals surface area contributed by atoms with E-state index in [0.717, 1.165) is 18.5 Å². The average molecular weight is 240 g/mol. The number of nitrogens with one attached hydrogen (secondary N) is 1. The lowest BCUT2D eigenvalue weighted by Gasteiger charge is -2.28. The van der Waals surface area contributed by atoms with E-state index in [0.29, 0.717) is 16.6 Å². The van der Waals surface area contributed by atoms with Crippen molar-refractivity contribution in [1.82, 2.24) is 0 Å². The third kappa shape index (κ3) is 2.30. The van der Waals surface area contributed by atoms with Gasteiger partial charge in [0.15, 0.2) is 0 Å². The minimum absolute atomic E-state index is 0.357. The average Bonchev–Trinajstić information content (AvgIpc) is 2.23. The first-order valence-corrected chi connectivity index (χ1v) is 5.73. The highest BCUT2D eigenvalue weighted by Gasteiger charge is 2.20. The van der Waals surface area contributed by atoms with Gasteiger partial charge in [0, 0.05) is 16.8 Å². The molecule has 0 amide bonds. The Morgan fingerprint density at radius 3 is 2.81 bits per heavy atom. The van der Waals surface area contributed by atoms with E-state index in [1.54, 1.807) is 12.1 Å². The first-order valence-electron chi connectivity index (χ1n) is 5.35. The van der Waals surface area contributed by atoms with Crippen molar-refractivity contribution >= 4 is 23.3 Å². The molecule has 0 unspecified atom stereocenters. The van der Waals surface area contributed by atoms with Crippen LogP contribution in [0.1, 0.15) is 29.6 Å². The van der Waals surface area contributed by atoms with Gasteiger partial charge in [0.05, 0.1) is 12.7 Å². The molecule has 4 heteroatoms. The minimum atomic E-state index is -0.357. The van der Waals surface area contributed by atoms with Gasteiger partial charge in [-0.1, -0.05) is 11.6 Å². The Morgan fingerprint density at radius 2 is 2.25 bits per heavy atom. The van der Waals surface area contributed by atoms with Crippen molar-refractivity contribution in [2.45, 2.75) is 25.3 Å². The summed E-state index contributed by atoms with van der Waals surface area (Å²) in [6.07, 6.45) is 3.56. The van der Waals surface area contributed by atoms with E-state index in [9.17, 15) is 4.79 Å². The quantitative estimate of drug-likeness (QED) is 0.824. The third-order valence-electron chi connectivity index (χ3n) is 2.85. The Balaban J connectivity index is 2.23. The first kappa shape index (κ1) is 11.3. The Hall–Kier alpha value is -1.22. The van der Waals surface area contributed by atoms with Crippen LogP contribution in [0.15, 0.2) is 18.2 Å². The fourth-order valence-electron chi connectivity index (χ4n) is 1.69. The van der Waals surface area contributed by atoms with Gasteiger partial charge < -0.3 is 10.1 Å². The fourth-order valence-corrected chi connectivity index (χ4v) is 1.87. The molecular weight excluding hydrogens is 226 g/mol. The van der Waals surface area contributed by atoms with E-state index < -0.39 is 0 Å². The lowest BCUT2D eigenvalue weighted by molar-refractivity contribution is 0.0601. The van der Waals surface area contributed by atoms with Crippen LogP contribution in [-0.4, -0.2) is 19.1 Å². The zero-order chi connectivity index (χ0) is 11.5. The van der Waals surface area contributed by atoms with Gasteiger partial charge in [0.25, 0.3) is 0 Å². The molecule has 1 fully saturated rings. The molecule has 0 aromatic heterocycles. The molecule has 1 N–H and O–H groups in total. The number of benzene rings is 1. The maximum absolute atomic E-state index is 11.6. The molecule has 1 aromatic carbocycles. The van der Waals surface area contributed by atoms with E-state index in [-0.39, 0.29) is 5.97 Å². The summed E-state index contributed by atoms with van der Waals surface area (Å²) in [7, 11) is 1.37. The van der Waals surface area contributed by atoms with Crippen molar-refractivity contribution < 1.29 is 9.53 Å². The highest BCUT2D eigenvalue weighted by Crippen LogP contribution is 2.27. The lowest BCUT2D eigenvalue weighted by atomic mass is 9.92. The zero-order valence-corrected chi connectivity index (χ0v) is 9.88. The summed E-state index contributed by atoms with van der Waals surface area (Å²) in [6, 6.07) is 5.71. The summed E-state index contributed by atoms with van der Waals surface area (Å²) in [5.41, 5.74) is 1.31. The predicted octanol–water partition coefficient (Wildman–Crippen LogP) is 3.09. The highest BCUT2D eigenvalue weighted by molar-refractivity contribution is 6.31. The number of ether oxygens (including phenoxy) is 1. The third-order valence-corrected chi connectivity index (χ3v) is 3.09. The van der Waals surface area contributed by atoms with Crippen LogP contribution in [-0.2, 0) is 4.74 Å². The van der Waals surface area contributed by atoms with E-state index in [1.165, 1.54) is 13.5 Å². The molecule has 3 nitrogen and oxygen atoms in total. The van der Waals surface area contributed by atoms with Crippen molar-refractivity contribution in [3.63, 3.8) is 0 Å². The van der Waals surface area contributed by atoms with E-state index in [2.05, 4.69) is 5.32 Å². The van der Waals surface area contributed by atoms with Gasteiger partial charge >= 0.3 is 5.97 Å². The van der Waals surface area contributed by atoms with Crippen LogP contribution in [0, 0.1) is 0 Å². The van der Waals surface area contributed by atoms with Gasteiger partial charge in [0.1, 0.15) is 0 Å². The van der Waals surface area contributed by atoms with Gasteiger partial charge in [-0.05, 0) is 37.5 Å². The smallest absolute Gasteiger partial charge is 0.340 e. The molecular formula is C12H14ClNO2. The Labute approximate surface area is 99.7 Å². The molecule has 1 aliphatic rings. The molecule has 0 spiro atoms. The van der Waals surface area contributed by atoms with E-state index >= 15 is 0 Å². The molecule has 2 rings (SSSR count). The van der Waals surface area contributed by atoms with Crippen molar-refractivity contribution in [2.24, 2.45) is 0 Å². The molecule has 0 atom stereocenters. The summed E-state index contributed by atoms with van der Waals surface area (Å²) in [5.74, 6) is -0.357. The molecule has 0 heterocycles. The normalized spacial score (nSPS) is 15.4. The van der Waals surface area contributed by atoms with Gasteiger partial charge in [-0.2, -0.15) is 0 Å². The molecule has 1 saturated carbocycles. The van der Waals surface area contributed by atoms with Gasteiger partial charge in [-0.25, -0.2) is 4.79 Å². The summed E-state index contributed by atoms with van der Waals surface area (Å²) < 4.78 is 4.73. The van der Waals surface area contributed by atoms with Crippen LogP contribution in [0.3, 0.4) is 0 Å². The number of halogens is 1. The topological polar surface area (TPSA) is 38.3 Å². The number of hydrogen-bond acceptors (Lipinski definition) is 3. The molecule has 16 heavy (non-hydrogen) atoms. The first-order chi connectivity index (χ1) is 7.70. The molecule has 0 radical (unpaired) electrons. The lowest BCUT2D eigenvalue weighted by Crippen LogP contribution is -2.28. The fraction of sp³-hybridized carbons (Fsp3) is 0.417. The minimum Gasteiger partial charge on any atom is -0.465 e. The molecule has 0 bridgehead atoms. The molecule has 0 saturated heterocycles. The number of carbonyl (C=O) groups is 1. The standard InChI is InChI=1S/C12H14ClNO2/c1-16-12(15)10-7-8(13)5-6-11(10)14-9-3-2-4-9/h5-7,9,14H,2-4H2,1H3. The Kier molecular flexibility index (Phi) is 3.34. The number of anilines is 1. The van der Waals surface area contributed by atoms with Gasteiger partial charge in [-0.3, -0.25) is 0 Å². The van der Waals surface area contributed by atoms with Gasteiger partial charge in [-0.15, -0.1) is 0 Å². The van der Waals surface area contributed by atoms with Crippen LogP contribution in [0.4, 0.5) is 5.69 Å². The summed E-state index contributed by atoms with van der Waals surface area (Å²) >= 11 is 5.87. The largest absolute Gasteiger partial charge is 0.465 e. The number of carbonyl (C=O) groups excluding carboxylic acids is 1. The highest BCUT2D eigenvalue weighted by atomic mass is 35.5. The molecule has 1 aromatic rings. The Bertz CT molecular complexity index is 402. The van der Waals surface area contributed by atoms with Crippen LogP contribution < -0.4 is 5.32 Å².